The van der Waals surface area contributed by atoms with Crippen molar-refractivity contribution in [2.24, 2.45) is 11.8 Å². The first-order valence-corrected chi connectivity index (χ1v) is 16.9. The monoisotopic (exact) mass is 682 g/mol. The minimum Gasteiger partial charge on any atom is -0.512 e. The van der Waals surface area contributed by atoms with Gasteiger partial charge in [-0.15, -0.1) is 0 Å². The number of phenols is 6. The molecule has 0 amide bonds. The van der Waals surface area contributed by atoms with Gasteiger partial charge >= 0.3 is 0 Å². The fourth-order valence-electron chi connectivity index (χ4n) is 9.48. The molecule has 0 radical (unpaired) electrons. The van der Waals surface area contributed by atoms with Gasteiger partial charge in [-0.05, 0) is 88.2 Å². The molecule has 5 aromatic rings. The third kappa shape index (κ3) is 4.68. The molecule has 8 N–H and O–H groups in total. The van der Waals surface area contributed by atoms with Crippen LogP contribution in [0.3, 0.4) is 0 Å². The molecule has 0 saturated carbocycles. The van der Waals surface area contributed by atoms with Crippen LogP contribution in [0.2, 0.25) is 0 Å². The normalized spacial score (nSPS) is 25.6. The second-order valence-corrected chi connectivity index (χ2v) is 14.0. The number of aliphatic hydroxyl groups excluding tert-OH is 2. The van der Waals surface area contributed by atoms with Gasteiger partial charge < -0.3 is 45.6 Å². The molecule has 1 unspecified atom stereocenters. The lowest BCUT2D eigenvalue weighted by atomic mass is 9.65. The van der Waals surface area contributed by atoms with Gasteiger partial charge in [0, 0.05) is 59.1 Å². The van der Waals surface area contributed by atoms with Crippen LogP contribution in [0.25, 0.3) is 0 Å². The number of fused-ring (bicyclic) bond motifs is 2. The average Bonchev–Trinajstić information content (AvgIpc) is 3.60. The Hall–Kier alpha value is -6.22. The van der Waals surface area contributed by atoms with Gasteiger partial charge in [-0.3, -0.25) is 0 Å². The number of allylic oxidation sites excluding steroid dienone is 3. The third-order valence-electron chi connectivity index (χ3n) is 11.2. The fraction of sp³-hybridized carbons (Fsp3) is 0.190. The lowest BCUT2D eigenvalue weighted by Gasteiger charge is -2.38. The Labute approximate surface area is 292 Å². The molecule has 1 aliphatic heterocycles. The summed E-state index contributed by atoms with van der Waals surface area (Å²) in [7, 11) is 0. The van der Waals surface area contributed by atoms with Gasteiger partial charge in [-0.2, -0.15) is 0 Å². The third-order valence-corrected chi connectivity index (χ3v) is 11.2. The lowest BCUT2D eigenvalue weighted by molar-refractivity contribution is 0.221. The SMILES string of the molecule is OC1=C[C@@H](C2[C@@H](c3ccc(O)cc3)c3c(O)cc4c5c3[C@H]2[C@H](c2ccc(O)cc2)c2c(O)cc(O)cc2[C@H]5[C@H](c2ccc(O)cc2)O4)CC(O)=C1. The van der Waals surface area contributed by atoms with Crippen molar-refractivity contribution in [3.63, 3.8) is 0 Å². The molecule has 9 heteroatoms. The first-order valence-electron chi connectivity index (χ1n) is 16.9. The average molecular weight is 683 g/mol. The van der Waals surface area contributed by atoms with Crippen LogP contribution in [0.15, 0.2) is 115 Å². The maximum absolute atomic E-state index is 12.1. The molecular formula is C42H34O9. The van der Waals surface area contributed by atoms with Crippen molar-refractivity contribution in [3.05, 3.63) is 159 Å². The summed E-state index contributed by atoms with van der Waals surface area (Å²) in [5.41, 5.74) is 5.66. The number of aromatic hydroxyl groups is 6. The number of hydrogen-bond acceptors (Lipinski definition) is 9. The summed E-state index contributed by atoms with van der Waals surface area (Å²) in [5, 5.41) is 87.8. The molecule has 9 rings (SSSR count). The smallest absolute Gasteiger partial charge is 0.135 e. The Morgan fingerprint density at radius 2 is 1.08 bits per heavy atom. The van der Waals surface area contributed by atoms with Crippen molar-refractivity contribution in [1.29, 1.82) is 0 Å². The van der Waals surface area contributed by atoms with E-state index in [0.717, 1.165) is 27.8 Å². The summed E-state index contributed by atoms with van der Waals surface area (Å²) < 4.78 is 6.72. The zero-order chi connectivity index (χ0) is 35.3. The predicted octanol–water partition coefficient (Wildman–Crippen LogP) is 8.08. The van der Waals surface area contributed by atoms with Gasteiger partial charge in [0.2, 0.25) is 0 Å². The summed E-state index contributed by atoms with van der Waals surface area (Å²) in [6.45, 7) is 0. The zero-order valence-corrected chi connectivity index (χ0v) is 27.0. The van der Waals surface area contributed by atoms with Gasteiger partial charge in [0.1, 0.15) is 52.1 Å². The second kappa shape index (κ2) is 11.1. The Bertz CT molecular complexity index is 2270. The van der Waals surface area contributed by atoms with Gasteiger partial charge in [-0.25, -0.2) is 0 Å². The summed E-state index contributed by atoms with van der Waals surface area (Å²) >= 11 is 0. The highest BCUT2D eigenvalue weighted by molar-refractivity contribution is 5.71. The maximum Gasteiger partial charge on any atom is 0.135 e. The topological polar surface area (TPSA) is 171 Å². The van der Waals surface area contributed by atoms with E-state index >= 15 is 0 Å². The van der Waals surface area contributed by atoms with Crippen molar-refractivity contribution >= 4 is 0 Å². The van der Waals surface area contributed by atoms with Crippen LogP contribution in [0.5, 0.6) is 40.2 Å². The molecule has 0 bridgehead atoms. The molecule has 256 valence electrons. The van der Waals surface area contributed by atoms with E-state index in [2.05, 4.69) is 0 Å². The highest BCUT2D eigenvalue weighted by Gasteiger charge is 2.57. The van der Waals surface area contributed by atoms with Gasteiger partial charge in [0.15, 0.2) is 0 Å². The molecule has 0 saturated heterocycles. The Kier molecular flexibility index (Phi) is 6.73. The lowest BCUT2D eigenvalue weighted by Crippen LogP contribution is -2.28. The van der Waals surface area contributed by atoms with Gasteiger partial charge in [0.05, 0.1) is 11.7 Å². The summed E-state index contributed by atoms with van der Waals surface area (Å²) in [6.07, 6.45) is 2.57. The molecule has 4 aliphatic rings. The molecule has 1 heterocycles. The van der Waals surface area contributed by atoms with Crippen LogP contribution in [0, 0.1) is 11.8 Å². The molecule has 0 fully saturated rings. The van der Waals surface area contributed by atoms with Crippen molar-refractivity contribution in [3.8, 4) is 40.2 Å². The number of rotatable bonds is 4. The van der Waals surface area contributed by atoms with E-state index < -0.39 is 41.6 Å². The molecular weight excluding hydrogens is 648 g/mol. The number of phenolic OH excluding ortho intramolecular Hbond substituents is 6. The largest absolute Gasteiger partial charge is 0.512 e. The Morgan fingerprint density at radius 3 is 1.69 bits per heavy atom. The zero-order valence-electron chi connectivity index (χ0n) is 27.0. The molecule has 7 atom stereocenters. The number of ether oxygens (including phenoxy) is 1. The van der Waals surface area contributed by atoms with E-state index in [0.29, 0.717) is 22.4 Å². The van der Waals surface area contributed by atoms with Gasteiger partial charge in [0.25, 0.3) is 0 Å². The predicted molar refractivity (Wildman–Crippen MR) is 187 cm³/mol. The minimum absolute atomic E-state index is 0.00597. The quantitative estimate of drug-likeness (QED) is 0.0933. The Morgan fingerprint density at radius 1 is 0.510 bits per heavy atom. The van der Waals surface area contributed by atoms with E-state index in [1.807, 2.05) is 12.1 Å². The van der Waals surface area contributed by atoms with E-state index in [4.69, 9.17) is 4.74 Å². The van der Waals surface area contributed by atoms with Crippen molar-refractivity contribution in [2.75, 3.05) is 0 Å². The van der Waals surface area contributed by atoms with Crippen LogP contribution in [0.4, 0.5) is 0 Å². The molecule has 9 nitrogen and oxygen atoms in total. The van der Waals surface area contributed by atoms with Crippen LogP contribution >= 0.6 is 0 Å². The maximum atomic E-state index is 12.1. The minimum atomic E-state index is -0.678. The summed E-state index contributed by atoms with van der Waals surface area (Å²) in [4.78, 5) is 0. The van der Waals surface area contributed by atoms with Crippen molar-refractivity contribution in [2.45, 2.75) is 36.2 Å². The molecule has 0 aromatic heterocycles. The molecule has 51 heavy (non-hydrogen) atoms. The fourth-order valence-corrected chi connectivity index (χ4v) is 9.48. The molecule has 5 aromatic carbocycles. The number of hydrogen-bond donors (Lipinski definition) is 8. The van der Waals surface area contributed by atoms with Crippen LogP contribution in [-0.2, 0) is 0 Å². The highest BCUT2D eigenvalue weighted by Crippen LogP contribution is 2.70. The van der Waals surface area contributed by atoms with E-state index in [1.54, 1.807) is 78.9 Å². The van der Waals surface area contributed by atoms with E-state index in [9.17, 15) is 40.9 Å². The number of aliphatic hydroxyl groups is 2. The van der Waals surface area contributed by atoms with Crippen LogP contribution in [-0.4, -0.2) is 40.9 Å². The van der Waals surface area contributed by atoms with Crippen molar-refractivity contribution in [1.82, 2.24) is 0 Å². The summed E-state index contributed by atoms with van der Waals surface area (Å²) in [5.74, 6) is -2.87. The van der Waals surface area contributed by atoms with Crippen LogP contribution in [0.1, 0.15) is 80.7 Å². The standard InChI is InChI=1S/C42H34O9/c43-23-7-1-19(2-8-23)33-35(22-13-26(46)15-27(47)14-22)40-34(20-3-9-24(44)10-4-20)36-29(16-28(48)17-30(36)49)37-39-32(18-31(50)38(33)41(39)40)51-42(37)21-5-11-25(45)12-6-21/h1-13,15-18,22,33-35,37,40,42-50H,14H2/t22-,33-,34-,35?,37-,40+,42+/m1/s1. The second-order valence-electron chi connectivity index (χ2n) is 14.0. The van der Waals surface area contributed by atoms with Crippen molar-refractivity contribution < 1.29 is 45.6 Å². The first kappa shape index (κ1) is 30.8. The number of benzene rings is 5. The summed E-state index contributed by atoms with van der Waals surface area (Å²) in [6, 6.07) is 24.8. The van der Waals surface area contributed by atoms with E-state index in [-0.39, 0.29) is 52.4 Å². The van der Waals surface area contributed by atoms with E-state index in [1.165, 1.54) is 12.1 Å². The highest BCUT2D eigenvalue weighted by atomic mass is 16.5. The molecule has 3 aliphatic carbocycles. The van der Waals surface area contributed by atoms with Crippen LogP contribution < -0.4 is 4.74 Å². The molecule has 0 spiro atoms. The first-order chi connectivity index (χ1) is 24.6. The Balaban J connectivity index is 1.42. The van der Waals surface area contributed by atoms with Gasteiger partial charge in [-0.1, -0.05) is 36.4 Å².